The Morgan fingerprint density at radius 2 is 2.20 bits per heavy atom. The van der Waals surface area contributed by atoms with Crippen molar-refractivity contribution in [2.24, 2.45) is 5.92 Å². The lowest BCUT2D eigenvalue weighted by Gasteiger charge is -2.37. The van der Waals surface area contributed by atoms with Crippen molar-refractivity contribution in [3.8, 4) is 5.88 Å². The van der Waals surface area contributed by atoms with Gasteiger partial charge in [-0.3, -0.25) is 4.79 Å². The van der Waals surface area contributed by atoms with Crippen molar-refractivity contribution in [2.75, 3.05) is 13.7 Å². The largest absolute Gasteiger partial charge is 0.481 e. The van der Waals surface area contributed by atoms with Crippen molar-refractivity contribution in [1.82, 2.24) is 9.88 Å². The van der Waals surface area contributed by atoms with Crippen molar-refractivity contribution < 1.29 is 19.4 Å². The van der Waals surface area contributed by atoms with E-state index in [9.17, 15) is 14.7 Å². The van der Waals surface area contributed by atoms with Crippen LogP contribution >= 0.6 is 0 Å². The minimum atomic E-state index is -0.952. The van der Waals surface area contributed by atoms with Crippen molar-refractivity contribution in [2.45, 2.75) is 25.8 Å². The third kappa shape index (κ3) is 2.74. The number of aromatic nitrogens is 1. The van der Waals surface area contributed by atoms with Gasteiger partial charge < -0.3 is 14.7 Å². The quantitative estimate of drug-likeness (QED) is 0.904. The normalized spacial score (nSPS) is 22.4. The summed E-state index contributed by atoms with van der Waals surface area (Å²) >= 11 is 0. The molecule has 1 amide bonds. The van der Waals surface area contributed by atoms with E-state index in [4.69, 9.17) is 4.74 Å². The van der Waals surface area contributed by atoms with Crippen LogP contribution in [0.3, 0.4) is 0 Å². The number of methoxy groups -OCH3 is 1. The molecule has 6 nitrogen and oxygen atoms in total. The van der Waals surface area contributed by atoms with Crippen LogP contribution in [0.5, 0.6) is 5.88 Å². The van der Waals surface area contributed by atoms with E-state index in [-0.39, 0.29) is 11.8 Å². The topological polar surface area (TPSA) is 79.7 Å². The van der Waals surface area contributed by atoms with Gasteiger partial charge in [0.15, 0.2) is 0 Å². The van der Waals surface area contributed by atoms with Gasteiger partial charge in [-0.1, -0.05) is 6.92 Å². The Morgan fingerprint density at radius 1 is 1.45 bits per heavy atom. The van der Waals surface area contributed by atoms with Crippen LogP contribution in [-0.2, 0) is 4.79 Å². The SMILES string of the molecule is COc1ccc(C(=O)N2CCCC(C)C2C(=O)O)cn1. The Morgan fingerprint density at radius 3 is 2.75 bits per heavy atom. The number of aliphatic carboxylic acids is 1. The molecule has 108 valence electrons. The third-order valence-electron chi connectivity index (χ3n) is 3.64. The molecule has 0 spiro atoms. The molecule has 0 bridgehead atoms. The average Bonchev–Trinajstić information content (AvgIpc) is 2.46. The predicted molar refractivity (Wildman–Crippen MR) is 71.6 cm³/mol. The Balaban J connectivity index is 2.23. The van der Waals surface area contributed by atoms with Gasteiger partial charge in [0.2, 0.25) is 5.88 Å². The molecule has 6 heteroatoms. The predicted octanol–water partition coefficient (Wildman–Crippen LogP) is 1.42. The Labute approximate surface area is 117 Å². The van der Waals surface area contributed by atoms with Crippen LogP contribution < -0.4 is 4.74 Å². The summed E-state index contributed by atoms with van der Waals surface area (Å²) in [5.74, 6) is -0.870. The maximum atomic E-state index is 12.4. The van der Waals surface area contributed by atoms with E-state index in [1.807, 2.05) is 6.92 Å². The van der Waals surface area contributed by atoms with Crippen LogP contribution in [-0.4, -0.2) is 46.6 Å². The summed E-state index contributed by atoms with van der Waals surface area (Å²) in [5.41, 5.74) is 0.381. The molecule has 1 aliphatic heterocycles. The smallest absolute Gasteiger partial charge is 0.326 e. The van der Waals surface area contributed by atoms with Gasteiger partial charge in [0.25, 0.3) is 5.91 Å². The van der Waals surface area contributed by atoms with Gasteiger partial charge >= 0.3 is 5.97 Å². The van der Waals surface area contributed by atoms with Crippen LogP contribution in [0.4, 0.5) is 0 Å². The summed E-state index contributed by atoms with van der Waals surface area (Å²) in [6.45, 7) is 2.33. The number of likely N-dealkylation sites (tertiary alicyclic amines) is 1. The van der Waals surface area contributed by atoms with E-state index in [0.29, 0.717) is 18.0 Å². The molecule has 20 heavy (non-hydrogen) atoms. The van der Waals surface area contributed by atoms with Crippen LogP contribution in [0, 0.1) is 5.92 Å². The fourth-order valence-electron chi connectivity index (χ4n) is 2.59. The van der Waals surface area contributed by atoms with Crippen molar-refractivity contribution >= 4 is 11.9 Å². The van der Waals surface area contributed by atoms with Crippen molar-refractivity contribution in [3.63, 3.8) is 0 Å². The number of pyridine rings is 1. The van der Waals surface area contributed by atoms with Crippen LogP contribution in [0.2, 0.25) is 0 Å². The first kappa shape index (κ1) is 14.3. The molecule has 2 heterocycles. The maximum Gasteiger partial charge on any atom is 0.326 e. The molecule has 1 N–H and O–H groups in total. The minimum Gasteiger partial charge on any atom is -0.481 e. The number of carboxylic acid groups (broad SMARTS) is 1. The highest BCUT2D eigenvalue weighted by Gasteiger charge is 2.37. The lowest BCUT2D eigenvalue weighted by molar-refractivity contribution is -0.145. The molecule has 0 aliphatic carbocycles. The molecular weight excluding hydrogens is 260 g/mol. The number of nitrogens with zero attached hydrogens (tertiary/aromatic N) is 2. The summed E-state index contributed by atoms with van der Waals surface area (Å²) in [4.78, 5) is 29.2. The first-order valence-electron chi connectivity index (χ1n) is 6.58. The van der Waals surface area contributed by atoms with E-state index in [1.54, 1.807) is 12.1 Å². The number of piperidine rings is 1. The first-order chi connectivity index (χ1) is 9.54. The zero-order valence-corrected chi connectivity index (χ0v) is 11.6. The second-order valence-corrected chi connectivity index (χ2v) is 4.99. The Bertz CT molecular complexity index is 500. The molecule has 2 unspecified atom stereocenters. The summed E-state index contributed by atoms with van der Waals surface area (Å²) in [6, 6.07) is 2.43. The monoisotopic (exact) mass is 278 g/mol. The van der Waals surface area contributed by atoms with Crippen molar-refractivity contribution in [1.29, 1.82) is 0 Å². The number of carbonyl (C=O) groups is 2. The van der Waals surface area contributed by atoms with E-state index in [0.717, 1.165) is 12.8 Å². The van der Waals surface area contributed by atoms with Gasteiger partial charge in [-0.25, -0.2) is 9.78 Å². The van der Waals surface area contributed by atoms with Crippen molar-refractivity contribution in [3.05, 3.63) is 23.9 Å². The number of amides is 1. The van der Waals surface area contributed by atoms with Crippen LogP contribution in [0.1, 0.15) is 30.1 Å². The molecule has 2 atom stereocenters. The van der Waals surface area contributed by atoms with Gasteiger partial charge in [-0.15, -0.1) is 0 Å². The summed E-state index contributed by atoms with van der Waals surface area (Å²) in [5, 5.41) is 9.33. The highest BCUT2D eigenvalue weighted by Crippen LogP contribution is 2.25. The average molecular weight is 278 g/mol. The van der Waals surface area contributed by atoms with Crippen LogP contribution in [0.25, 0.3) is 0 Å². The number of hydrogen-bond donors (Lipinski definition) is 1. The fraction of sp³-hybridized carbons (Fsp3) is 0.500. The summed E-state index contributed by atoms with van der Waals surface area (Å²) < 4.78 is 4.94. The number of carboxylic acids is 1. The molecule has 0 aromatic carbocycles. The number of carbonyl (C=O) groups excluding carboxylic acids is 1. The lowest BCUT2D eigenvalue weighted by atomic mass is 9.90. The first-order valence-corrected chi connectivity index (χ1v) is 6.58. The maximum absolute atomic E-state index is 12.4. The van der Waals surface area contributed by atoms with Gasteiger partial charge in [0, 0.05) is 18.8 Å². The van der Waals surface area contributed by atoms with Gasteiger partial charge in [0.1, 0.15) is 6.04 Å². The molecule has 0 radical (unpaired) electrons. The molecular formula is C14H18N2O4. The van der Waals surface area contributed by atoms with E-state index in [2.05, 4.69) is 4.98 Å². The van der Waals surface area contributed by atoms with E-state index >= 15 is 0 Å². The Hall–Kier alpha value is -2.11. The number of hydrogen-bond acceptors (Lipinski definition) is 4. The molecule has 0 saturated carbocycles. The highest BCUT2D eigenvalue weighted by molar-refractivity contribution is 5.96. The highest BCUT2D eigenvalue weighted by atomic mass is 16.5. The standard InChI is InChI=1S/C14H18N2O4/c1-9-4-3-7-16(12(9)14(18)19)13(17)10-5-6-11(20-2)15-8-10/h5-6,8-9,12H,3-4,7H2,1-2H3,(H,18,19). The number of rotatable bonds is 3. The molecule has 1 fully saturated rings. The number of ether oxygens (including phenoxy) is 1. The molecule has 1 saturated heterocycles. The van der Waals surface area contributed by atoms with Gasteiger partial charge in [-0.05, 0) is 24.8 Å². The van der Waals surface area contributed by atoms with Crippen LogP contribution in [0.15, 0.2) is 18.3 Å². The third-order valence-corrected chi connectivity index (χ3v) is 3.64. The van der Waals surface area contributed by atoms with E-state index < -0.39 is 12.0 Å². The molecule has 1 aliphatic rings. The van der Waals surface area contributed by atoms with Gasteiger partial charge in [0.05, 0.1) is 12.7 Å². The van der Waals surface area contributed by atoms with E-state index in [1.165, 1.54) is 18.2 Å². The zero-order valence-electron chi connectivity index (χ0n) is 11.6. The fourth-order valence-corrected chi connectivity index (χ4v) is 2.59. The van der Waals surface area contributed by atoms with Gasteiger partial charge in [-0.2, -0.15) is 0 Å². The second kappa shape index (κ2) is 5.90. The molecule has 1 aromatic heterocycles. The zero-order chi connectivity index (χ0) is 14.7. The lowest BCUT2D eigenvalue weighted by Crippen LogP contribution is -2.51. The second-order valence-electron chi connectivity index (χ2n) is 4.99. The Kier molecular flexibility index (Phi) is 4.22. The molecule has 2 rings (SSSR count). The summed E-state index contributed by atoms with van der Waals surface area (Å²) in [6.07, 6.45) is 3.06. The summed E-state index contributed by atoms with van der Waals surface area (Å²) in [7, 11) is 1.50. The minimum absolute atomic E-state index is 0.0450. The molecule has 1 aromatic rings.